The van der Waals surface area contributed by atoms with E-state index in [0.717, 1.165) is 4.57 Å². The molecular formula is C12H11ClF3N3O2. The second-order valence-electron chi connectivity index (χ2n) is 4.21. The van der Waals surface area contributed by atoms with Crippen LogP contribution >= 0.6 is 11.6 Å². The molecule has 1 aromatic heterocycles. The van der Waals surface area contributed by atoms with E-state index in [9.17, 15) is 18.0 Å². The monoisotopic (exact) mass is 321 g/mol. The number of benzene rings is 1. The summed E-state index contributed by atoms with van der Waals surface area (Å²) in [7, 11) is 1.38. The van der Waals surface area contributed by atoms with Gasteiger partial charge in [0.05, 0.1) is 19.2 Å². The normalized spacial score (nSPS) is 11.7. The third kappa shape index (κ3) is 3.57. The second-order valence-corrected chi connectivity index (χ2v) is 4.65. The maximum Gasteiger partial charge on any atom is 0.389 e. The summed E-state index contributed by atoms with van der Waals surface area (Å²) >= 11 is 5.86. The summed E-state index contributed by atoms with van der Waals surface area (Å²) < 4.78 is 43.1. The molecule has 0 amide bonds. The first-order chi connectivity index (χ1) is 9.81. The molecule has 0 unspecified atom stereocenters. The molecule has 0 radical (unpaired) electrons. The van der Waals surface area contributed by atoms with Gasteiger partial charge in [-0.1, -0.05) is 11.6 Å². The van der Waals surface area contributed by atoms with E-state index in [-0.39, 0.29) is 11.5 Å². The Hall–Kier alpha value is -1.96. The van der Waals surface area contributed by atoms with Crippen LogP contribution in [0.1, 0.15) is 12.2 Å². The summed E-state index contributed by atoms with van der Waals surface area (Å²) in [5, 5.41) is 6.08. The van der Waals surface area contributed by atoms with Crippen molar-refractivity contribution in [2.24, 2.45) is 0 Å². The standard InChI is InChI=1S/C12H11ClF3N3O2/c1-21-9-3-2-7(13)6-8(9)19-10(17-18-11(19)20)4-5-12(14,15)16/h2-3,6H,4-5H2,1H3,(H,18,20). The van der Waals surface area contributed by atoms with Crippen LogP contribution < -0.4 is 10.4 Å². The first kappa shape index (κ1) is 15.4. The fourth-order valence-electron chi connectivity index (χ4n) is 1.84. The quantitative estimate of drug-likeness (QED) is 0.942. The van der Waals surface area contributed by atoms with E-state index in [1.165, 1.54) is 19.2 Å². The molecule has 21 heavy (non-hydrogen) atoms. The number of halogens is 4. The van der Waals surface area contributed by atoms with E-state index in [0.29, 0.717) is 10.8 Å². The van der Waals surface area contributed by atoms with Gasteiger partial charge in [-0.25, -0.2) is 14.5 Å². The van der Waals surface area contributed by atoms with Gasteiger partial charge in [-0.3, -0.25) is 0 Å². The van der Waals surface area contributed by atoms with Crippen molar-refractivity contribution in [3.63, 3.8) is 0 Å². The Balaban J connectivity index is 2.47. The van der Waals surface area contributed by atoms with Crippen LogP contribution in [0.4, 0.5) is 13.2 Å². The average Bonchev–Trinajstić information content (AvgIpc) is 2.76. The van der Waals surface area contributed by atoms with Gasteiger partial charge in [-0.15, -0.1) is 0 Å². The van der Waals surface area contributed by atoms with Gasteiger partial charge in [0.15, 0.2) is 0 Å². The van der Waals surface area contributed by atoms with Gasteiger partial charge in [-0.05, 0) is 18.2 Å². The molecule has 0 spiro atoms. The number of hydrogen-bond acceptors (Lipinski definition) is 3. The highest BCUT2D eigenvalue weighted by molar-refractivity contribution is 6.30. The molecule has 0 bridgehead atoms. The van der Waals surface area contributed by atoms with Gasteiger partial charge >= 0.3 is 11.9 Å². The van der Waals surface area contributed by atoms with Gasteiger partial charge in [0.2, 0.25) is 0 Å². The highest BCUT2D eigenvalue weighted by Crippen LogP contribution is 2.27. The number of aromatic amines is 1. The Labute approximate surface area is 122 Å². The number of aromatic nitrogens is 3. The molecule has 114 valence electrons. The zero-order chi connectivity index (χ0) is 15.6. The maximum absolute atomic E-state index is 12.3. The minimum Gasteiger partial charge on any atom is -0.495 e. The number of aryl methyl sites for hydroxylation is 1. The zero-order valence-electron chi connectivity index (χ0n) is 10.9. The van der Waals surface area contributed by atoms with E-state index < -0.39 is 24.7 Å². The second kappa shape index (κ2) is 5.80. The predicted molar refractivity (Wildman–Crippen MR) is 70.1 cm³/mol. The third-order valence-electron chi connectivity index (χ3n) is 2.76. The van der Waals surface area contributed by atoms with Crippen LogP contribution in [0.15, 0.2) is 23.0 Å². The number of H-pyrrole nitrogens is 1. The lowest BCUT2D eigenvalue weighted by Crippen LogP contribution is -2.19. The predicted octanol–water partition coefficient (Wildman–Crippen LogP) is 2.72. The Bertz CT molecular complexity index is 694. The van der Waals surface area contributed by atoms with Crippen LogP contribution in [-0.2, 0) is 6.42 Å². The van der Waals surface area contributed by atoms with Crippen molar-refractivity contribution in [3.05, 3.63) is 39.5 Å². The first-order valence-electron chi connectivity index (χ1n) is 5.89. The number of alkyl halides is 3. The van der Waals surface area contributed by atoms with Crippen molar-refractivity contribution in [1.29, 1.82) is 0 Å². The number of nitrogens with one attached hydrogen (secondary N) is 1. The fraction of sp³-hybridized carbons (Fsp3) is 0.333. The number of ether oxygens (including phenoxy) is 1. The summed E-state index contributed by atoms with van der Waals surface area (Å²) in [6.07, 6.45) is -5.85. The van der Waals surface area contributed by atoms with E-state index in [1.807, 2.05) is 0 Å². The molecule has 0 saturated carbocycles. The van der Waals surface area contributed by atoms with Crippen molar-refractivity contribution in [2.45, 2.75) is 19.0 Å². The number of methoxy groups -OCH3 is 1. The smallest absolute Gasteiger partial charge is 0.389 e. The van der Waals surface area contributed by atoms with E-state index >= 15 is 0 Å². The van der Waals surface area contributed by atoms with Gasteiger partial charge in [0, 0.05) is 11.4 Å². The van der Waals surface area contributed by atoms with Gasteiger partial charge < -0.3 is 4.74 Å². The lowest BCUT2D eigenvalue weighted by Gasteiger charge is -2.11. The molecule has 0 atom stereocenters. The van der Waals surface area contributed by atoms with Crippen molar-refractivity contribution >= 4 is 11.6 Å². The molecule has 0 aliphatic heterocycles. The van der Waals surface area contributed by atoms with Gasteiger partial charge in [0.25, 0.3) is 0 Å². The Kier molecular flexibility index (Phi) is 4.26. The molecule has 1 heterocycles. The molecular weight excluding hydrogens is 311 g/mol. The van der Waals surface area contributed by atoms with Crippen LogP contribution in [0.2, 0.25) is 5.02 Å². The van der Waals surface area contributed by atoms with Gasteiger partial charge in [0.1, 0.15) is 11.6 Å². The molecule has 0 fully saturated rings. The molecule has 1 aromatic carbocycles. The van der Waals surface area contributed by atoms with Crippen LogP contribution in [0.5, 0.6) is 5.75 Å². The largest absolute Gasteiger partial charge is 0.495 e. The van der Waals surface area contributed by atoms with Crippen molar-refractivity contribution in [2.75, 3.05) is 7.11 Å². The van der Waals surface area contributed by atoms with Crippen LogP contribution in [0.25, 0.3) is 5.69 Å². The first-order valence-corrected chi connectivity index (χ1v) is 6.26. The topological polar surface area (TPSA) is 59.9 Å². The Morgan fingerprint density at radius 2 is 2.14 bits per heavy atom. The highest BCUT2D eigenvalue weighted by atomic mass is 35.5. The molecule has 2 aromatic rings. The van der Waals surface area contributed by atoms with E-state index in [4.69, 9.17) is 16.3 Å². The summed E-state index contributed by atoms with van der Waals surface area (Å²) in [4.78, 5) is 11.8. The molecule has 0 aliphatic rings. The van der Waals surface area contributed by atoms with Crippen LogP contribution in [-0.4, -0.2) is 28.1 Å². The maximum atomic E-state index is 12.3. The molecule has 5 nitrogen and oxygen atoms in total. The third-order valence-corrected chi connectivity index (χ3v) is 2.99. The minimum absolute atomic E-state index is 0.0436. The van der Waals surface area contributed by atoms with Crippen molar-refractivity contribution in [3.8, 4) is 11.4 Å². The summed E-state index contributed by atoms with van der Waals surface area (Å²) in [5.41, 5.74) is -0.423. The number of rotatable bonds is 4. The summed E-state index contributed by atoms with van der Waals surface area (Å²) in [5.74, 6) is 0.258. The van der Waals surface area contributed by atoms with Crippen molar-refractivity contribution in [1.82, 2.24) is 14.8 Å². The van der Waals surface area contributed by atoms with Gasteiger partial charge in [-0.2, -0.15) is 18.3 Å². The molecule has 0 aliphatic carbocycles. The van der Waals surface area contributed by atoms with E-state index in [2.05, 4.69) is 10.2 Å². The van der Waals surface area contributed by atoms with Crippen LogP contribution in [0.3, 0.4) is 0 Å². The lowest BCUT2D eigenvalue weighted by molar-refractivity contribution is -0.134. The molecule has 0 saturated heterocycles. The summed E-state index contributed by atoms with van der Waals surface area (Å²) in [6, 6.07) is 4.49. The van der Waals surface area contributed by atoms with E-state index in [1.54, 1.807) is 6.07 Å². The highest BCUT2D eigenvalue weighted by Gasteiger charge is 2.28. The number of nitrogens with zero attached hydrogens (tertiary/aromatic N) is 2. The number of hydrogen-bond donors (Lipinski definition) is 1. The molecule has 1 N–H and O–H groups in total. The molecule has 9 heteroatoms. The minimum atomic E-state index is -4.34. The lowest BCUT2D eigenvalue weighted by atomic mass is 10.2. The Morgan fingerprint density at radius 1 is 1.43 bits per heavy atom. The SMILES string of the molecule is COc1ccc(Cl)cc1-n1c(CCC(F)(F)F)n[nH]c1=O. The van der Waals surface area contributed by atoms with Crippen LogP contribution in [0, 0.1) is 0 Å². The zero-order valence-corrected chi connectivity index (χ0v) is 11.6. The van der Waals surface area contributed by atoms with Crippen molar-refractivity contribution < 1.29 is 17.9 Å². The summed E-state index contributed by atoms with van der Waals surface area (Å²) in [6.45, 7) is 0. The fourth-order valence-corrected chi connectivity index (χ4v) is 2.00. The molecule has 2 rings (SSSR count). The Morgan fingerprint density at radius 3 is 2.76 bits per heavy atom. The average molecular weight is 322 g/mol.